The maximum atomic E-state index is 11.4. The minimum atomic E-state index is -0.129. The van der Waals surface area contributed by atoms with Gasteiger partial charge in [0.15, 0.2) is 6.61 Å². The molecule has 98 valence electrons. The Kier molecular flexibility index (Phi) is 2.71. The lowest BCUT2D eigenvalue weighted by Gasteiger charge is -2.18. The molecule has 0 atom stereocenters. The second-order valence-electron chi connectivity index (χ2n) is 4.57. The largest absolute Gasteiger partial charge is 0.482 e. The first-order valence-corrected chi connectivity index (χ1v) is 6.80. The van der Waals surface area contributed by atoms with Crippen LogP contribution in [0.25, 0.3) is 11.1 Å². The number of benzene rings is 1. The van der Waals surface area contributed by atoms with Gasteiger partial charge in [-0.15, -0.1) is 11.3 Å². The number of hydrogen-bond acceptors (Lipinski definition) is 4. The summed E-state index contributed by atoms with van der Waals surface area (Å²) in [5.41, 5.74) is 10.0. The number of nitrogens with one attached hydrogen (secondary N) is 1. The zero-order valence-corrected chi connectivity index (χ0v) is 11.6. The van der Waals surface area contributed by atoms with Crippen molar-refractivity contribution in [2.45, 2.75) is 13.8 Å². The molecule has 4 nitrogen and oxygen atoms in total. The van der Waals surface area contributed by atoms with Crippen molar-refractivity contribution in [3.8, 4) is 16.9 Å². The number of nitrogen functional groups attached to an aromatic ring is 1. The first-order valence-electron chi connectivity index (χ1n) is 5.99. The first kappa shape index (κ1) is 12.0. The van der Waals surface area contributed by atoms with E-state index in [0.29, 0.717) is 11.4 Å². The number of rotatable bonds is 1. The Bertz CT molecular complexity index is 676. The van der Waals surface area contributed by atoms with Crippen molar-refractivity contribution in [3.63, 3.8) is 0 Å². The summed E-state index contributed by atoms with van der Waals surface area (Å²) in [5.74, 6) is 0.572. The minimum Gasteiger partial charge on any atom is -0.482 e. The van der Waals surface area contributed by atoms with Crippen LogP contribution in [0.3, 0.4) is 0 Å². The average molecular weight is 274 g/mol. The number of anilines is 2. The van der Waals surface area contributed by atoms with E-state index >= 15 is 0 Å². The standard InChI is InChI=1S/C14H14N2O2S/c1-7-8(2)19-14(15)13(7)9-3-4-11-10(5-9)16-12(17)6-18-11/h3-5H,6,15H2,1-2H3,(H,16,17). The molecule has 1 amide bonds. The topological polar surface area (TPSA) is 64.3 Å². The summed E-state index contributed by atoms with van der Waals surface area (Å²) in [7, 11) is 0. The number of amides is 1. The van der Waals surface area contributed by atoms with Crippen LogP contribution in [0.2, 0.25) is 0 Å². The molecule has 2 heterocycles. The van der Waals surface area contributed by atoms with E-state index in [1.165, 1.54) is 10.4 Å². The summed E-state index contributed by atoms with van der Waals surface area (Å²) in [5, 5.41) is 3.62. The molecule has 2 aromatic rings. The van der Waals surface area contributed by atoms with Crippen molar-refractivity contribution in [2.75, 3.05) is 17.7 Å². The smallest absolute Gasteiger partial charge is 0.262 e. The van der Waals surface area contributed by atoms with Crippen molar-refractivity contribution in [2.24, 2.45) is 0 Å². The predicted molar refractivity (Wildman–Crippen MR) is 77.8 cm³/mol. The second kappa shape index (κ2) is 4.28. The molecule has 5 heteroatoms. The lowest BCUT2D eigenvalue weighted by Crippen LogP contribution is -2.25. The Balaban J connectivity index is 2.11. The Labute approximate surface area is 115 Å². The van der Waals surface area contributed by atoms with Crippen LogP contribution in [0.5, 0.6) is 5.75 Å². The SMILES string of the molecule is Cc1sc(N)c(-c2ccc3c(c2)NC(=O)CO3)c1C. The molecule has 19 heavy (non-hydrogen) atoms. The van der Waals surface area contributed by atoms with Gasteiger partial charge in [0.25, 0.3) is 5.91 Å². The molecule has 1 aliphatic rings. The van der Waals surface area contributed by atoms with E-state index in [2.05, 4.69) is 19.2 Å². The molecule has 0 bridgehead atoms. The van der Waals surface area contributed by atoms with Crippen LogP contribution in [-0.4, -0.2) is 12.5 Å². The van der Waals surface area contributed by atoms with E-state index in [0.717, 1.165) is 16.1 Å². The van der Waals surface area contributed by atoms with Gasteiger partial charge in [0.2, 0.25) is 0 Å². The third-order valence-corrected chi connectivity index (χ3v) is 4.35. The van der Waals surface area contributed by atoms with Crippen molar-refractivity contribution in [1.82, 2.24) is 0 Å². The van der Waals surface area contributed by atoms with Crippen LogP contribution in [-0.2, 0) is 4.79 Å². The van der Waals surface area contributed by atoms with E-state index in [1.54, 1.807) is 11.3 Å². The number of ether oxygens (including phenoxy) is 1. The van der Waals surface area contributed by atoms with Crippen LogP contribution in [0.4, 0.5) is 10.7 Å². The Morgan fingerprint density at radius 2 is 2.16 bits per heavy atom. The Hall–Kier alpha value is -2.01. The molecular formula is C14H14N2O2S. The highest BCUT2D eigenvalue weighted by molar-refractivity contribution is 7.16. The third-order valence-electron chi connectivity index (χ3n) is 3.31. The number of nitrogens with two attached hydrogens (primary N) is 1. The number of aryl methyl sites for hydroxylation is 1. The van der Waals surface area contributed by atoms with E-state index in [4.69, 9.17) is 10.5 Å². The van der Waals surface area contributed by atoms with Crippen LogP contribution in [0.15, 0.2) is 18.2 Å². The summed E-state index contributed by atoms with van der Waals surface area (Å²) in [6.07, 6.45) is 0. The lowest BCUT2D eigenvalue weighted by molar-refractivity contribution is -0.118. The van der Waals surface area contributed by atoms with Crippen LogP contribution >= 0.6 is 11.3 Å². The first-order chi connectivity index (χ1) is 9.06. The number of carbonyl (C=O) groups excluding carboxylic acids is 1. The van der Waals surface area contributed by atoms with E-state index in [-0.39, 0.29) is 12.5 Å². The Morgan fingerprint density at radius 3 is 2.84 bits per heavy atom. The fourth-order valence-corrected chi connectivity index (χ4v) is 3.21. The normalized spacial score (nSPS) is 13.7. The average Bonchev–Trinajstić information content (AvgIpc) is 2.62. The van der Waals surface area contributed by atoms with Crippen LogP contribution in [0, 0.1) is 13.8 Å². The van der Waals surface area contributed by atoms with Gasteiger partial charge in [-0.3, -0.25) is 4.79 Å². The number of carbonyl (C=O) groups is 1. The van der Waals surface area contributed by atoms with Gasteiger partial charge in [0, 0.05) is 10.4 Å². The molecular weight excluding hydrogens is 260 g/mol. The van der Waals surface area contributed by atoms with Gasteiger partial charge < -0.3 is 15.8 Å². The van der Waals surface area contributed by atoms with Crippen molar-refractivity contribution >= 4 is 27.9 Å². The molecule has 0 saturated heterocycles. The fourth-order valence-electron chi connectivity index (χ4n) is 2.25. The minimum absolute atomic E-state index is 0.0745. The van der Waals surface area contributed by atoms with Gasteiger partial charge in [0.05, 0.1) is 10.7 Å². The summed E-state index contributed by atoms with van der Waals surface area (Å²) < 4.78 is 5.35. The van der Waals surface area contributed by atoms with Gasteiger partial charge in [-0.2, -0.15) is 0 Å². The Morgan fingerprint density at radius 1 is 1.37 bits per heavy atom. The molecule has 1 aromatic carbocycles. The summed E-state index contributed by atoms with van der Waals surface area (Å²) >= 11 is 1.59. The predicted octanol–water partition coefficient (Wildman–Crippen LogP) is 2.95. The van der Waals surface area contributed by atoms with Crippen molar-refractivity contribution in [3.05, 3.63) is 28.6 Å². The second-order valence-corrected chi connectivity index (χ2v) is 5.83. The number of thiophene rings is 1. The van der Waals surface area contributed by atoms with Crippen LogP contribution < -0.4 is 15.8 Å². The molecule has 0 aliphatic carbocycles. The highest BCUT2D eigenvalue weighted by Crippen LogP contribution is 2.41. The molecule has 0 spiro atoms. The zero-order valence-electron chi connectivity index (χ0n) is 10.7. The highest BCUT2D eigenvalue weighted by Gasteiger charge is 2.18. The summed E-state index contributed by atoms with van der Waals surface area (Å²) in [4.78, 5) is 12.6. The number of fused-ring (bicyclic) bond motifs is 1. The van der Waals surface area contributed by atoms with Gasteiger partial charge in [-0.25, -0.2) is 0 Å². The highest BCUT2D eigenvalue weighted by atomic mass is 32.1. The molecule has 1 aromatic heterocycles. The van der Waals surface area contributed by atoms with E-state index < -0.39 is 0 Å². The molecule has 0 saturated carbocycles. The van der Waals surface area contributed by atoms with E-state index in [1.807, 2.05) is 18.2 Å². The van der Waals surface area contributed by atoms with Gasteiger partial charge in [-0.05, 0) is 37.1 Å². The molecule has 3 N–H and O–H groups in total. The van der Waals surface area contributed by atoms with E-state index in [9.17, 15) is 4.79 Å². The zero-order chi connectivity index (χ0) is 13.6. The van der Waals surface area contributed by atoms with Crippen LogP contribution in [0.1, 0.15) is 10.4 Å². The van der Waals surface area contributed by atoms with Crippen molar-refractivity contribution in [1.29, 1.82) is 0 Å². The monoisotopic (exact) mass is 274 g/mol. The molecule has 0 radical (unpaired) electrons. The summed E-state index contributed by atoms with van der Waals surface area (Å²) in [6, 6.07) is 5.76. The number of hydrogen-bond donors (Lipinski definition) is 2. The lowest BCUT2D eigenvalue weighted by atomic mass is 10.0. The van der Waals surface area contributed by atoms with Gasteiger partial charge in [-0.1, -0.05) is 6.07 Å². The van der Waals surface area contributed by atoms with Gasteiger partial charge in [0.1, 0.15) is 5.75 Å². The summed E-state index contributed by atoms with van der Waals surface area (Å²) in [6.45, 7) is 4.19. The third kappa shape index (κ3) is 1.96. The fraction of sp³-hybridized carbons (Fsp3) is 0.214. The van der Waals surface area contributed by atoms with Gasteiger partial charge >= 0.3 is 0 Å². The molecule has 1 aliphatic heterocycles. The molecule has 0 fully saturated rings. The maximum absolute atomic E-state index is 11.4. The quantitative estimate of drug-likeness (QED) is 0.840. The molecule has 3 rings (SSSR count). The van der Waals surface area contributed by atoms with Crippen molar-refractivity contribution < 1.29 is 9.53 Å². The molecule has 0 unspecified atom stereocenters. The maximum Gasteiger partial charge on any atom is 0.262 e.